The van der Waals surface area contributed by atoms with Crippen LogP contribution in [-0.2, 0) is 22.4 Å². The lowest BCUT2D eigenvalue weighted by Gasteiger charge is -2.06. The second-order valence-corrected chi connectivity index (χ2v) is 3.78. The van der Waals surface area contributed by atoms with Gasteiger partial charge < -0.3 is 9.47 Å². The molecule has 0 spiro atoms. The number of aromatic nitrogens is 3. The summed E-state index contributed by atoms with van der Waals surface area (Å²) in [5.74, 6) is -0.399. The minimum atomic E-state index is -0.399. The minimum Gasteiger partial charge on any atom is -0.461 e. The average molecular weight is 255 g/mol. The molecule has 0 saturated carbocycles. The molecule has 1 rings (SSSR count). The Morgan fingerprint density at radius 1 is 1.28 bits per heavy atom. The summed E-state index contributed by atoms with van der Waals surface area (Å²) in [6.45, 7) is 7.96. The molecule has 0 unspecified atom stereocenters. The molecule has 1 heterocycles. The quantitative estimate of drug-likeness (QED) is 0.519. The largest absolute Gasteiger partial charge is 0.461 e. The number of carbonyl (C=O) groups excluding carboxylic acids is 1. The van der Waals surface area contributed by atoms with Crippen LogP contribution in [0.15, 0.2) is 0 Å². The number of esters is 1. The van der Waals surface area contributed by atoms with Crippen molar-refractivity contribution >= 4 is 5.97 Å². The van der Waals surface area contributed by atoms with E-state index in [0.29, 0.717) is 32.1 Å². The van der Waals surface area contributed by atoms with Gasteiger partial charge in [-0.3, -0.25) is 0 Å². The van der Waals surface area contributed by atoms with Gasteiger partial charge in [0.05, 0.1) is 25.5 Å². The molecule has 0 aromatic carbocycles. The fraction of sp³-hybridized carbons (Fsp3) is 0.750. The Labute approximate surface area is 107 Å². The number of rotatable bonds is 8. The summed E-state index contributed by atoms with van der Waals surface area (Å²) in [4.78, 5) is 11.7. The molecule has 18 heavy (non-hydrogen) atoms. The number of carbonyl (C=O) groups is 1. The van der Waals surface area contributed by atoms with Crippen LogP contribution >= 0.6 is 0 Å². The molecule has 0 aliphatic rings. The number of hydrogen-bond acceptors (Lipinski definition) is 5. The van der Waals surface area contributed by atoms with Gasteiger partial charge in [0.1, 0.15) is 0 Å². The second kappa shape index (κ2) is 7.81. The van der Waals surface area contributed by atoms with Gasteiger partial charge >= 0.3 is 5.97 Å². The summed E-state index contributed by atoms with van der Waals surface area (Å²) in [6.07, 6.45) is 1.68. The smallest absolute Gasteiger partial charge is 0.360 e. The number of hydrogen-bond donors (Lipinski definition) is 0. The van der Waals surface area contributed by atoms with Gasteiger partial charge in [-0.2, -0.15) is 0 Å². The molecule has 6 nitrogen and oxygen atoms in total. The average Bonchev–Trinajstić information content (AvgIpc) is 2.74. The summed E-state index contributed by atoms with van der Waals surface area (Å²) in [6, 6.07) is 0. The van der Waals surface area contributed by atoms with Crippen molar-refractivity contribution in [1.29, 1.82) is 0 Å². The molecule has 0 atom stereocenters. The van der Waals surface area contributed by atoms with Crippen molar-refractivity contribution in [3.8, 4) is 0 Å². The van der Waals surface area contributed by atoms with Crippen LogP contribution in [0.5, 0.6) is 0 Å². The van der Waals surface area contributed by atoms with E-state index in [1.165, 1.54) is 0 Å². The Hall–Kier alpha value is -1.43. The Morgan fingerprint density at radius 3 is 2.67 bits per heavy atom. The zero-order valence-electron chi connectivity index (χ0n) is 11.3. The first-order valence-electron chi connectivity index (χ1n) is 6.41. The van der Waals surface area contributed by atoms with Crippen molar-refractivity contribution in [2.24, 2.45) is 0 Å². The molecular formula is C12H21N3O3. The van der Waals surface area contributed by atoms with Crippen LogP contribution in [0.1, 0.15) is 43.4 Å². The first kappa shape index (κ1) is 14.6. The SMILES string of the molecule is CCCc1c(C(=O)OCC)nnn1CCOCC. The van der Waals surface area contributed by atoms with E-state index in [-0.39, 0.29) is 0 Å². The highest BCUT2D eigenvalue weighted by molar-refractivity contribution is 5.88. The Balaban J connectivity index is 2.81. The van der Waals surface area contributed by atoms with Crippen molar-refractivity contribution < 1.29 is 14.3 Å². The monoisotopic (exact) mass is 255 g/mol. The first-order valence-corrected chi connectivity index (χ1v) is 6.41. The van der Waals surface area contributed by atoms with Crippen molar-refractivity contribution in [3.63, 3.8) is 0 Å². The zero-order valence-corrected chi connectivity index (χ0v) is 11.3. The fourth-order valence-corrected chi connectivity index (χ4v) is 1.65. The van der Waals surface area contributed by atoms with Gasteiger partial charge in [0.25, 0.3) is 0 Å². The van der Waals surface area contributed by atoms with Crippen molar-refractivity contribution in [2.75, 3.05) is 19.8 Å². The maximum Gasteiger partial charge on any atom is 0.360 e. The lowest BCUT2D eigenvalue weighted by molar-refractivity contribution is 0.0517. The van der Waals surface area contributed by atoms with Gasteiger partial charge in [-0.25, -0.2) is 9.48 Å². The van der Waals surface area contributed by atoms with E-state index in [9.17, 15) is 4.79 Å². The molecule has 0 radical (unpaired) electrons. The van der Waals surface area contributed by atoms with Gasteiger partial charge in [-0.05, 0) is 20.3 Å². The van der Waals surface area contributed by atoms with E-state index in [1.807, 2.05) is 6.92 Å². The van der Waals surface area contributed by atoms with Crippen LogP contribution in [0, 0.1) is 0 Å². The molecule has 1 aromatic rings. The van der Waals surface area contributed by atoms with E-state index in [2.05, 4.69) is 17.2 Å². The third-order valence-corrected chi connectivity index (χ3v) is 2.44. The lowest BCUT2D eigenvalue weighted by atomic mass is 10.2. The first-order chi connectivity index (χ1) is 8.74. The van der Waals surface area contributed by atoms with Crippen LogP contribution in [0.4, 0.5) is 0 Å². The predicted molar refractivity (Wildman–Crippen MR) is 66.5 cm³/mol. The fourth-order valence-electron chi connectivity index (χ4n) is 1.65. The highest BCUT2D eigenvalue weighted by Gasteiger charge is 2.19. The number of ether oxygens (including phenoxy) is 2. The van der Waals surface area contributed by atoms with Gasteiger partial charge in [-0.1, -0.05) is 18.6 Å². The highest BCUT2D eigenvalue weighted by Crippen LogP contribution is 2.10. The van der Waals surface area contributed by atoms with Gasteiger partial charge in [0.2, 0.25) is 0 Å². The highest BCUT2D eigenvalue weighted by atomic mass is 16.5. The van der Waals surface area contributed by atoms with Crippen LogP contribution in [0.2, 0.25) is 0 Å². The maximum absolute atomic E-state index is 11.7. The van der Waals surface area contributed by atoms with E-state index < -0.39 is 5.97 Å². The van der Waals surface area contributed by atoms with Crippen molar-refractivity contribution in [3.05, 3.63) is 11.4 Å². The zero-order chi connectivity index (χ0) is 13.4. The molecule has 0 aliphatic carbocycles. The van der Waals surface area contributed by atoms with Crippen LogP contribution in [0.25, 0.3) is 0 Å². The second-order valence-electron chi connectivity index (χ2n) is 3.78. The van der Waals surface area contributed by atoms with E-state index >= 15 is 0 Å². The summed E-state index contributed by atoms with van der Waals surface area (Å²) in [5, 5.41) is 7.91. The predicted octanol–water partition coefficient (Wildman–Crippen LogP) is 1.44. The molecule has 0 saturated heterocycles. The van der Waals surface area contributed by atoms with E-state index in [4.69, 9.17) is 9.47 Å². The summed E-state index contributed by atoms with van der Waals surface area (Å²) < 4.78 is 12.0. The third kappa shape index (κ3) is 3.80. The van der Waals surface area contributed by atoms with E-state index in [0.717, 1.165) is 18.5 Å². The molecule has 0 fully saturated rings. The Morgan fingerprint density at radius 2 is 2.06 bits per heavy atom. The molecule has 0 amide bonds. The molecule has 6 heteroatoms. The molecule has 0 aliphatic heterocycles. The van der Waals surface area contributed by atoms with Gasteiger partial charge in [-0.15, -0.1) is 5.10 Å². The molecular weight excluding hydrogens is 234 g/mol. The van der Waals surface area contributed by atoms with Crippen molar-refractivity contribution in [1.82, 2.24) is 15.0 Å². The van der Waals surface area contributed by atoms with Gasteiger partial charge in [0.15, 0.2) is 5.69 Å². The summed E-state index contributed by atoms with van der Waals surface area (Å²) in [5.41, 5.74) is 1.16. The normalized spacial score (nSPS) is 10.6. The van der Waals surface area contributed by atoms with Crippen LogP contribution < -0.4 is 0 Å². The lowest BCUT2D eigenvalue weighted by Crippen LogP contribution is -2.13. The molecule has 0 N–H and O–H groups in total. The molecule has 0 bridgehead atoms. The van der Waals surface area contributed by atoms with Crippen LogP contribution in [-0.4, -0.2) is 40.8 Å². The summed E-state index contributed by atoms with van der Waals surface area (Å²) >= 11 is 0. The Bertz CT molecular complexity index is 377. The van der Waals surface area contributed by atoms with Crippen molar-refractivity contribution in [2.45, 2.75) is 40.2 Å². The van der Waals surface area contributed by atoms with Crippen LogP contribution in [0.3, 0.4) is 0 Å². The molecule has 102 valence electrons. The minimum absolute atomic E-state index is 0.329. The maximum atomic E-state index is 11.7. The molecule has 1 aromatic heterocycles. The topological polar surface area (TPSA) is 66.2 Å². The third-order valence-electron chi connectivity index (χ3n) is 2.44. The van der Waals surface area contributed by atoms with E-state index in [1.54, 1.807) is 11.6 Å². The summed E-state index contributed by atoms with van der Waals surface area (Å²) in [7, 11) is 0. The Kier molecular flexibility index (Phi) is 6.35. The number of nitrogens with zero attached hydrogens (tertiary/aromatic N) is 3. The van der Waals surface area contributed by atoms with Gasteiger partial charge in [0, 0.05) is 6.61 Å². The standard InChI is InChI=1S/C12H21N3O3/c1-4-7-10-11(12(16)18-6-3)13-14-15(10)8-9-17-5-2/h4-9H2,1-3H3.